The van der Waals surface area contributed by atoms with Crippen molar-refractivity contribution in [2.45, 2.75) is 19.3 Å². The smallest absolute Gasteiger partial charge is 0.180 e. The van der Waals surface area contributed by atoms with Crippen molar-refractivity contribution in [1.82, 2.24) is 0 Å². The zero-order valence-corrected chi connectivity index (χ0v) is 34.3. The van der Waals surface area contributed by atoms with Gasteiger partial charge in [0, 0.05) is 22.4 Å². The number of anilines is 3. The van der Waals surface area contributed by atoms with E-state index in [-0.39, 0.29) is 5.41 Å². The average molecular weight is 770 g/mol. The fourth-order valence-corrected chi connectivity index (χ4v) is 15.5. The topological polar surface area (TPSA) is 3.24 Å². The maximum Gasteiger partial charge on any atom is 0.180 e. The fraction of sp³-hybridized carbons (Fsp3) is 0.0526. The summed E-state index contributed by atoms with van der Waals surface area (Å²) in [7, 11) is -2.67. The van der Waals surface area contributed by atoms with Crippen LogP contribution in [-0.4, -0.2) is 8.07 Å². The van der Waals surface area contributed by atoms with Crippen LogP contribution in [-0.2, 0) is 5.41 Å². The molecule has 0 radical (unpaired) electrons. The molecule has 0 spiro atoms. The number of nitrogens with zero attached hydrogens (tertiary/aromatic N) is 1. The molecule has 1 aliphatic heterocycles. The van der Waals surface area contributed by atoms with Gasteiger partial charge < -0.3 is 4.90 Å². The van der Waals surface area contributed by atoms with Crippen LogP contribution in [0.1, 0.15) is 25.0 Å². The molecule has 9 aromatic rings. The lowest BCUT2D eigenvalue weighted by atomic mass is 9.82. The van der Waals surface area contributed by atoms with E-state index < -0.39 is 8.07 Å². The van der Waals surface area contributed by atoms with Crippen molar-refractivity contribution in [1.29, 1.82) is 0 Å². The Morgan fingerprint density at radius 3 is 1.58 bits per heavy atom. The molecule has 1 heterocycles. The van der Waals surface area contributed by atoms with Gasteiger partial charge in [-0.2, -0.15) is 0 Å². The molecule has 0 N–H and O–H groups in total. The van der Waals surface area contributed by atoms with Gasteiger partial charge in [0.15, 0.2) is 8.07 Å². The van der Waals surface area contributed by atoms with Crippen LogP contribution in [0.3, 0.4) is 0 Å². The molecule has 11 rings (SSSR count). The minimum atomic E-state index is -2.67. The van der Waals surface area contributed by atoms with Crippen LogP contribution in [0.5, 0.6) is 0 Å². The zero-order valence-electron chi connectivity index (χ0n) is 33.3. The predicted octanol–water partition coefficient (Wildman–Crippen LogP) is 12.2. The lowest BCUT2D eigenvalue weighted by Crippen LogP contribution is -2.72. The van der Waals surface area contributed by atoms with Crippen molar-refractivity contribution >= 4 is 45.9 Å². The Morgan fingerprint density at radius 2 is 0.864 bits per heavy atom. The van der Waals surface area contributed by atoms with E-state index in [0.717, 1.165) is 17.1 Å². The zero-order chi connectivity index (χ0) is 39.6. The van der Waals surface area contributed by atoms with Crippen molar-refractivity contribution in [3.8, 4) is 44.5 Å². The van der Waals surface area contributed by atoms with Crippen LogP contribution in [0, 0.1) is 0 Å². The van der Waals surface area contributed by atoms with Gasteiger partial charge >= 0.3 is 0 Å². The van der Waals surface area contributed by atoms with Crippen LogP contribution in [0.2, 0.25) is 0 Å². The van der Waals surface area contributed by atoms with Crippen molar-refractivity contribution in [3.05, 3.63) is 236 Å². The maximum absolute atomic E-state index is 2.67. The minimum absolute atomic E-state index is 0.128. The van der Waals surface area contributed by atoms with E-state index in [1.165, 1.54) is 76.4 Å². The summed E-state index contributed by atoms with van der Waals surface area (Å²) in [5, 5.41) is 5.71. The Hall–Kier alpha value is -7.00. The minimum Gasteiger partial charge on any atom is -0.310 e. The van der Waals surface area contributed by atoms with Gasteiger partial charge in [-0.15, -0.1) is 0 Å². The van der Waals surface area contributed by atoms with Crippen molar-refractivity contribution in [2.24, 2.45) is 0 Å². The van der Waals surface area contributed by atoms with Gasteiger partial charge in [-0.05, 0) is 101 Å². The van der Waals surface area contributed by atoms with Crippen molar-refractivity contribution in [2.75, 3.05) is 4.90 Å². The molecule has 1 aliphatic carbocycles. The molecule has 0 atom stereocenters. The highest BCUT2D eigenvalue weighted by atomic mass is 28.3. The Morgan fingerprint density at radius 1 is 0.356 bits per heavy atom. The first-order valence-corrected chi connectivity index (χ1v) is 22.7. The highest BCUT2D eigenvalue weighted by Crippen LogP contribution is 2.52. The average Bonchev–Trinajstić information content (AvgIpc) is 3.73. The summed E-state index contributed by atoms with van der Waals surface area (Å²) in [5.74, 6) is 0. The standard InChI is InChI=1S/C57H43NSi/c1-57(2)51-29-15-12-25-46(51)47-38-37-43(39-52(47)57)58(42-35-33-41(34-36-42)40-19-6-3-7-20-40)53-30-16-13-26-48(53)49-28-18-32-55-56(49)50-27-14-17-31-54(50)59(55,44-21-8-4-9-22-44)45-23-10-5-11-24-45/h3-39H,1-2H3. The Bertz CT molecular complexity index is 2960. The Balaban J connectivity index is 1.15. The van der Waals surface area contributed by atoms with Crippen molar-refractivity contribution in [3.63, 3.8) is 0 Å². The normalized spacial score (nSPS) is 13.9. The molecule has 0 aromatic heterocycles. The van der Waals surface area contributed by atoms with Gasteiger partial charge in [0.2, 0.25) is 0 Å². The molecule has 0 saturated carbocycles. The summed E-state index contributed by atoms with van der Waals surface area (Å²) in [5.41, 5.74) is 16.3. The van der Waals surface area contributed by atoms with Crippen LogP contribution < -0.4 is 25.6 Å². The first-order valence-electron chi connectivity index (χ1n) is 20.7. The van der Waals surface area contributed by atoms with E-state index in [1.807, 2.05) is 0 Å². The number of fused-ring (bicyclic) bond motifs is 6. The summed E-state index contributed by atoms with van der Waals surface area (Å²) in [4.78, 5) is 2.49. The van der Waals surface area contributed by atoms with E-state index in [9.17, 15) is 0 Å². The highest BCUT2D eigenvalue weighted by molar-refractivity contribution is 7.22. The molecule has 2 heteroatoms. The molecule has 2 aliphatic rings. The summed E-state index contributed by atoms with van der Waals surface area (Å²) in [6, 6.07) is 83.8. The molecule has 0 fully saturated rings. The molecule has 280 valence electrons. The first kappa shape index (κ1) is 35.2. The molecular weight excluding hydrogens is 727 g/mol. The molecule has 0 bridgehead atoms. The summed E-state index contributed by atoms with van der Waals surface area (Å²) in [6.07, 6.45) is 0. The van der Waals surface area contributed by atoms with Crippen LogP contribution in [0.25, 0.3) is 44.5 Å². The highest BCUT2D eigenvalue weighted by Gasteiger charge is 2.49. The maximum atomic E-state index is 2.49. The number of hydrogen-bond acceptors (Lipinski definition) is 1. The molecule has 0 saturated heterocycles. The third-order valence-electron chi connectivity index (χ3n) is 13.0. The third-order valence-corrected chi connectivity index (χ3v) is 17.8. The van der Waals surface area contributed by atoms with Gasteiger partial charge in [-0.25, -0.2) is 0 Å². The molecule has 1 nitrogen and oxygen atoms in total. The van der Waals surface area contributed by atoms with Gasteiger partial charge in [0.25, 0.3) is 0 Å². The third kappa shape index (κ3) is 5.37. The number of benzene rings is 9. The quantitative estimate of drug-likeness (QED) is 0.146. The summed E-state index contributed by atoms with van der Waals surface area (Å²) >= 11 is 0. The van der Waals surface area contributed by atoms with Crippen LogP contribution in [0.15, 0.2) is 224 Å². The Labute approximate surface area is 348 Å². The van der Waals surface area contributed by atoms with Crippen molar-refractivity contribution < 1.29 is 0 Å². The second-order valence-electron chi connectivity index (χ2n) is 16.4. The molecular formula is C57H43NSi. The molecule has 59 heavy (non-hydrogen) atoms. The second kappa shape index (κ2) is 13.8. The van der Waals surface area contributed by atoms with Gasteiger partial charge in [-0.3, -0.25) is 0 Å². The van der Waals surface area contributed by atoms with Crippen LogP contribution >= 0.6 is 0 Å². The Kier molecular flexibility index (Phi) is 8.25. The largest absolute Gasteiger partial charge is 0.310 e. The first-order chi connectivity index (χ1) is 29.0. The number of hydrogen-bond donors (Lipinski definition) is 0. The van der Waals surface area contributed by atoms with E-state index in [1.54, 1.807) is 0 Å². The van der Waals surface area contributed by atoms with Crippen LogP contribution in [0.4, 0.5) is 17.1 Å². The van der Waals surface area contributed by atoms with E-state index in [0.29, 0.717) is 0 Å². The van der Waals surface area contributed by atoms with Gasteiger partial charge in [-0.1, -0.05) is 208 Å². The van der Waals surface area contributed by atoms with Gasteiger partial charge in [0.1, 0.15) is 0 Å². The molecule has 9 aromatic carbocycles. The monoisotopic (exact) mass is 769 g/mol. The molecule has 0 amide bonds. The number of para-hydroxylation sites is 1. The van der Waals surface area contributed by atoms with E-state index in [2.05, 4.69) is 243 Å². The second-order valence-corrected chi connectivity index (χ2v) is 20.2. The summed E-state index contributed by atoms with van der Waals surface area (Å²) < 4.78 is 0. The fourth-order valence-electron chi connectivity index (χ4n) is 10.3. The summed E-state index contributed by atoms with van der Waals surface area (Å²) in [6.45, 7) is 4.74. The SMILES string of the molecule is CC1(C)c2ccccc2-c2ccc(N(c3ccc(-c4ccccc4)cc3)c3ccccc3-c3cccc4c3-c3ccccc3[Si]4(c3ccccc3)c3ccccc3)cc21. The number of rotatable bonds is 7. The lowest BCUT2D eigenvalue weighted by Gasteiger charge is -2.32. The predicted molar refractivity (Wildman–Crippen MR) is 252 cm³/mol. The molecule has 0 unspecified atom stereocenters. The van der Waals surface area contributed by atoms with Gasteiger partial charge in [0.05, 0.1) is 5.69 Å². The lowest BCUT2D eigenvalue weighted by molar-refractivity contribution is 0.660. The van der Waals surface area contributed by atoms with E-state index >= 15 is 0 Å². The van der Waals surface area contributed by atoms with E-state index in [4.69, 9.17) is 0 Å².